The van der Waals surface area contributed by atoms with Crippen molar-refractivity contribution in [1.29, 1.82) is 0 Å². The lowest BCUT2D eigenvalue weighted by Gasteiger charge is -2.19. The summed E-state index contributed by atoms with van der Waals surface area (Å²) < 4.78 is 75.8. The first-order chi connectivity index (χ1) is 29.6. The van der Waals surface area contributed by atoms with E-state index in [1.807, 2.05) is 152 Å². The summed E-state index contributed by atoms with van der Waals surface area (Å²) in [7, 11) is 0. The van der Waals surface area contributed by atoms with Crippen LogP contribution in [0.25, 0.3) is 94.2 Å². The molecule has 2 nitrogen and oxygen atoms in total. The van der Waals surface area contributed by atoms with Gasteiger partial charge in [-0.1, -0.05) is 164 Å². The van der Waals surface area contributed by atoms with Gasteiger partial charge in [-0.25, -0.2) is 4.98 Å². The lowest BCUT2D eigenvalue weighted by Crippen LogP contribution is -1.97. The summed E-state index contributed by atoms with van der Waals surface area (Å²) in [5, 5.41) is 0.652. The van der Waals surface area contributed by atoms with Crippen molar-refractivity contribution < 1.29 is 11.0 Å². The predicted octanol–water partition coefficient (Wildman–Crippen LogP) is 13.7. The van der Waals surface area contributed by atoms with Crippen molar-refractivity contribution in [3.8, 4) is 61.6 Å². The largest absolute Gasteiger partial charge is 0.292 e. The molecule has 10 aromatic rings. The van der Waals surface area contributed by atoms with E-state index in [4.69, 9.17) is 10.5 Å². The highest BCUT2D eigenvalue weighted by atomic mass is 15.1. The first-order valence-electron chi connectivity index (χ1n) is 21.5. The van der Waals surface area contributed by atoms with Gasteiger partial charge in [-0.3, -0.25) is 4.57 Å². The third-order valence-electron chi connectivity index (χ3n) is 9.82. The summed E-state index contributed by atoms with van der Waals surface area (Å²) in [6, 6.07) is 47.9. The molecular weight excluding hydrogens is 641 g/mol. The maximum atomic E-state index is 9.52. The quantitative estimate of drug-likeness (QED) is 0.160. The number of hydrogen-bond donors (Lipinski definition) is 0. The van der Waals surface area contributed by atoms with Crippen LogP contribution in [0.5, 0.6) is 0 Å². The Labute approximate surface area is 320 Å². The van der Waals surface area contributed by atoms with E-state index in [0.717, 1.165) is 44.5 Å². The van der Waals surface area contributed by atoms with Gasteiger partial charge in [0.05, 0.1) is 22.0 Å². The van der Waals surface area contributed by atoms with E-state index >= 15 is 0 Å². The van der Waals surface area contributed by atoms with Gasteiger partial charge in [-0.2, -0.15) is 0 Å². The second kappa shape index (κ2) is 12.9. The summed E-state index contributed by atoms with van der Waals surface area (Å²) >= 11 is 0. The number of rotatable bonds is 6. The van der Waals surface area contributed by atoms with Gasteiger partial charge in [-0.15, -0.1) is 0 Å². The molecule has 0 saturated carbocycles. The molecule has 0 aliphatic rings. The van der Waals surface area contributed by atoms with E-state index in [1.165, 1.54) is 0 Å². The number of aromatic nitrogens is 2. The highest BCUT2D eigenvalue weighted by Gasteiger charge is 2.19. The van der Waals surface area contributed by atoms with E-state index in [1.54, 1.807) is 0 Å². The van der Waals surface area contributed by atoms with Crippen molar-refractivity contribution >= 4 is 32.6 Å². The van der Waals surface area contributed by atoms with E-state index in [9.17, 15) is 5.48 Å². The maximum absolute atomic E-state index is 9.52. The molecule has 0 N–H and O–H groups in total. The molecule has 248 valence electrons. The van der Waals surface area contributed by atoms with Crippen molar-refractivity contribution in [3.63, 3.8) is 0 Å². The molecule has 0 atom stereocenters. The van der Waals surface area contributed by atoms with Crippen molar-refractivity contribution in [1.82, 2.24) is 9.55 Å². The fourth-order valence-electron chi connectivity index (χ4n) is 7.41. The molecule has 53 heavy (non-hydrogen) atoms. The molecule has 0 radical (unpaired) electrons. The number of para-hydroxylation sites is 3. The van der Waals surface area contributed by atoms with Crippen LogP contribution >= 0.6 is 0 Å². The Morgan fingerprint density at radius 3 is 1.36 bits per heavy atom. The second-order valence-electron chi connectivity index (χ2n) is 13.0. The molecule has 1 heterocycles. The number of fused-ring (bicyclic) bond motifs is 3. The van der Waals surface area contributed by atoms with Gasteiger partial charge in [-0.05, 0) is 109 Å². The minimum absolute atomic E-state index is 0.161. The highest BCUT2D eigenvalue weighted by Crippen LogP contribution is 2.45. The summed E-state index contributed by atoms with van der Waals surface area (Å²) in [6.07, 6.45) is 0. The molecule has 0 amide bonds. The predicted molar refractivity (Wildman–Crippen MR) is 223 cm³/mol. The second-order valence-corrected chi connectivity index (χ2v) is 13.0. The van der Waals surface area contributed by atoms with E-state index in [-0.39, 0.29) is 45.7 Å². The molecule has 0 aliphatic carbocycles. The normalized spacial score (nSPS) is 13.5. The van der Waals surface area contributed by atoms with Crippen molar-refractivity contribution in [2.45, 2.75) is 0 Å². The van der Waals surface area contributed by atoms with E-state index in [2.05, 4.69) is 10.6 Å². The molecule has 2 heteroatoms. The van der Waals surface area contributed by atoms with E-state index < -0.39 is 24.2 Å². The van der Waals surface area contributed by atoms with Crippen LogP contribution in [-0.4, -0.2) is 9.55 Å². The lowest BCUT2D eigenvalue weighted by atomic mass is 9.84. The molecule has 0 aliphatic heterocycles. The van der Waals surface area contributed by atoms with E-state index in [0.29, 0.717) is 28.1 Å². The highest BCUT2D eigenvalue weighted by molar-refractivity contribution is 6.21. The SMILES string of the molecule is [2H]c1c([2H])c([2H])c2c(-c3cc(-c4ccccc4)cc(-c4ccccc4)c3)c3c([2H])c([2H])c([2H])c([2H])c3c(-c3ccc(-c4nc5ccccc5n4-c4ccccc4)cc3)c2c1[2H]. The summed E-state index contributed by atoms with van der Waals surface area (Å²) in [6.45, 7) is 0. The zero-order valence-corrected chi connectivity index (χ0v) is 28.4. The average molecular weight is 683 g/mol. The van der Waals surface area contributed by atoms with Crippen molar-refractivity contribution in [2.75, 3.05) is 0 Å². The monoisotopic (exact) mass is 682 g/mol. The lowest BCUT2D eigenvalue weighted by molar-refractivity contribution is 1.10. The number of benzene rings is 9. The van der Waals surface area contributed by atoms with Crippen molar-refractivity contribution in [2.24, 2.45) is 0 Å². The summed E-state index contributed by atoms with van der Waals surface area (Å²) in [5.74, 6) is 0.695. The smallest absolute Gasteiger partial charge is 0.145 e. The summed E-state index contributed by atoms with van der Waals surface area (Å²) in [4.78, 5) is 5.02. The molecule has 0 fully saturated rings. The Balaban J connectivity index is 1.31. The molecule has 0 bridgehead atoms. The van der Waals surface area contributed by atoms with Gasteiger partial charge in [0.15, 0.2) is 0 Å². The minimum Gasteiger partial charge on any atom is -0.292 e. The molecule has 0 unspecified atom stereocenters. The van der Waals surface area contributed by atoms with Gasteiger partial charge in [0.2, 0.25) is 0 Å². The molecule has 0 spiro atoms. The first kappa shape index (κ1) is 23.4. The van der Waals surface area contributed by atoms with Crippen LogP contribution in [0.2, 0.25) is 0 Å². The van der Waals surface area contributed by atoms with Gasteiger partial charge < -0.3 is 0 Å². The van der Waals surface area contributed by atoms with Gasteiger partial charge in [0, 0.05) is 11.3 Å². The maximum Gasteiger partial charge on any atom is 0.145 e. The van der Waals surface area contributed by atoms with Gasteiger partial charge >= 0.3 is 0 Å². The third kappa shape index (κ3) is 5.40. The van der Waals surface area contributed by atoms with Gasteiger partial charge in [0.25, 0.3) is 0 Å². The fraction of sp³-hybridized carbons (Fsp3) is 0. The molecule has 0 saturated heterocycles. The minimum atomic E-state index is -0.443. The number of hydrogen-bond acceptors (Lipinski definition) is 1. The van der Waals surface area contributed by atoms with Crippen LogP contribution < -0.4 is 0 Å². The Bertz CT molecular complexity index is 3230. The molecule has 10 rings (SSSR count). The van der Waals surface area contributed by atoms with Gasteiger partial charge in [0.1, 0.15) is 5.82 Å². The standard InChI is InChI=1S/C51H34N2/c1-4-16-35(17-5-1)39-32-40(36-18-6-2-7-19-36)34-41(33-39)50-45-24-12-10-22-43(45)49(44-23-11-13-25-46(44)50)37-28-30-38(31-29-37)51-52-47-26-14-15-27-48(47)53(51)42-20-8-3-9-21-42/h1-34H/i10D,11D,12D,13D,22D,23D,24D,25D. The zero-order valence-electron chi connectivity index (χ0n) is 36.4. The fourth-order valence-corrected chi connectivity index (χ4v) is 7.41. The first-order valence-corrected chi connectivity index (χ1v) is 17.5. The molecular formula is C51H34N2. The number of nitrogens with zero attached hydrogens (tertiary/aromatic N) is 2. The molecule has 9 aromatic carbocycles. The topological polar surface area (TPSA) is 17.8 Å². The third-order valence-corrected chi connectivity index (χ3v) is 9.82. The van der Waals surface area contributed by atoms with Crippen LogP contribution in [0, 0.1) is 0 Å². The van der Waals surface area contributed by atoms with Crippen LogP contribution in [0.4, 0.5) is 0 Å². The number of imidazole rings is 1. The van der Waals surface area contributed by atoms with Crippen LogP contribution in [0.15, 0.2) is 206 Å². The van der Waals surface area contributed by atoms with Crippen molar-refractivity contribution in [3.05, 3.63) is 206 Å². The van der Waals surface area contributed by atoms with Crippen LogP contribution in [-0.2, 0) is 0 Å². The Morgan fingerprint density at radius 1 is 0.377 bits per heavy atom. The summed E-state index contributed by atoms with van der Waals surface area (Å²) in [5.41, 5.74) is 8.61. The average Bonchev–Trinajstić information content (AvgIpc) is 3.71. The van der Waals surface area contributed by atoms with Crippen LogP contribution in [0.1, 0.15) is 11.0 Å². The Morgan fingerprint density at radius 2 is 0.811 bits per heavy atom. The van der Waals surface area contributed by atoms with Crippen LogP contribution in [0.3, 0.4) is 0 Å². The Kier molecular flexibility index (Phi) is 5.72. The molecule has 1 aromatic heterocycles. The Hall–Kier alpha value is -7.03. The zero-order chi connectivity index (χ0) is 42.1.